The quantitative estimate of drug-likeness (QED) is 0.232. The molecule has 0 heterocycles. The molecule has 11 nitrogen and oxygen atoms in total. The summed E-state index contributed by atoms with van der Waals surface area (Å²) in [5.74, 6) is -2.78. The van der Waals surface area contributed by atoms with Gasteiger partial charge in [-0.05, 0) is 64.7 Å². The molecule has 202 valence electrons. The van der Waals surface area contributed by atoms with Crippen molar-refractivity contribution < 1.29 is 48.0 Å². The number of benzene rings is 1. The molecule has 0 bridgehead atoms. The summed E-state index contributed by atoms with van der Waals surface area (Å²) in [6, 6.07) is 2.76. The van der Waals surface area contributed by atoms with E-state index in [1.165, 1.54) is 18.2 Å². The second-order valence-corrected chi connectivity index (χ2v) is 9.35. The molecule has 0 amide bonds. The van der Waals surface area contributed by atoms with E-state index in [9.17, 15) is 24.3 Å². The van der Waals surface area contributed by atoms with Crippen LogP contribution < -0.4 is 15.2 Å². The Morgan fingerprint density at radius 1 is 0.833 bits per heavy atom. The lowest BCUT2D eigenvalue weighted by molar-refractivity contribution is -0.149. The van der Waals surface area contributed by atoms with Gasteiger partial charge < -0.3 is 34.5 Å². The number of aliphatic carboxylic acids is 1. The van der Waals surface area contributed by atoms with E-state index >= 15 is 0 Å². The van der Waals surface area contributed by atoms with Gasteiger partial charge >= 0.3 is 24.2 Å². The molecule has 1 aromatic rings. The minimum absolute atomic E-state index is 0.0722. The van der Waals surface area contributed by atoms with Crippen LogP contribution in [-0.2, 0) is 23.8 Å². The van der Waals surface area contributed by atoms with Crippen molar-refractivity contribution in [3.8, 4) is 11.5 Å². The molecular formula is C25H37NO10. The minimum Gasteiger partial charge on any atom is -0.480 e. The highest BCUT2D eigenvalue weighted by Crippen LogP contribution is 2.35. The Bertz CT molecular complexity index is 912. The van der Waals surface area contributed by atoms with Crippen molar-refractivity contribution in [1.29, 1.82) is 0 Å². The summed E-state index contributed by atoms with van der Waals surface area (Å²) >= 11 is 0. The van der Waals surface area contributed by atoms with Crippen molar-refractivity contribution >= 4 is 24.2 Å². The van der Waals surface area contributed by atoms with Crippen LogP contribution in [0.1, 0.15) is 72.8 Å². The van der Waals surface area contributed by atoms with E-state index in [1.54, 1.807) is 34.6 Å². The van der Waals surface area contributed by atoms with Crippen LogP contribution in [-0.4, -0.2) is 53.7 Å². The molecule has 1 aromatic carbocycles. The number of rotatable bonds is 12. The standard InChI is InChI=1S/C25H37NO10/c1-13(2)10-21(27)34-16(7)11-18(22(26)23(28)29)17-8-9-19(35-24(30)32-14(3)4)20(12-17)36-25(31)33-15(5)6/h8-9,12-16,18,22H,10-11,26H2,1-7H3,(H,28,29)/t16?,18?,22-/m0/s1. The molecular weight excluding hydrogens is 474 g/mol. The summed E-state index contributed by atoms with van der Waals surface area (Å²) in [6.45, 7) is 11.9. The lowest BCUT2D eigenvalue weighted by Crippen LogP contribution is -2.38. The first-order valence-electron chi connectivity index (χ1n) is 11.8. The zero-order valence-corrected chi connectivity index (χ0v) is 21.8. The van der Waals surface area contributed by atoms with Crippen molar-refractivity contribution in [2.45, 2.75) is 91.6 Å². The molecule has 0 radical (unpaired) electrons. The number of carboxylic acid groups (broad SMARTS) is 1. The molecule has 36 heavy (non-hydrogen) atoms. The normalized spacial score (nSPS) is 13.6. The fraction of sp³-hybridized carbons (Fsp3) is 0.600. The monoisotopic (exact) mass is 511 g/mol. The molecule has 1 rings (SSSR count). The van der Waals surface area contributed by atoms with Gasteiger partial charge in [0.25, 0.3) is 0 Å². The van der Waals surface area contributed by atoms with Gasteiger partial charge in [-0.25, -0.2) is 9.59 Å². The van der Waals surface area contributed by atoms with Crippen LogP contribution in [0.3, 0.4) is 0 Å². The summed E-state index contributed by atoms with van der Waals surface area (Å²) in [5, 5.41) is 9.57. The molecule has 3 N–H and O–H groups in total. The Hall–Kier alpha value is -3.34. The summed E-state index contributed by atoms with van der Waals surface area (Å²) < 4.78 is 25.8. The summed E-state index contributed by atoms with van der Waals surface area (Å²) in [7, 11) is 0. The van der Waals surface area contributed by atoms with E-state index < -0.39 is 54.5 Å². The van der Waals surface area contributed by atoms with Crippen molar-refractivity contribution in [1.82, 2.24) is 0 Å². The predicted octanol–water partition coefficient (Wildman–Crippen LogP) is 4.40. The van der Waals surface area contributed by atoms with Gasteiger partial charge in [0.1, 0.15) is 6.04 Å². The molecule has 0 fully saturated rings. The van der Waals surface area contributed by atoms with Crippen molar-refractivity contribution in [3.05, 3.63) is 23.8 Å². The number of nitrogens with two attached hydrogens (primary N) is 1. The molecule has 0 aromatic heterocycles. The first-order valence-corrected chi connectivity index (χ1v) is 11.8. The van der Waals surface area contributed by atoms with Gasteiger partial charge in [0, 0.05) is 12.3 Å². The predicted molar refractivity (Wildman–Crippen MR) is 129 cm³/mol. The van der Waals surface area contributed by atoms with Gasteiger partial charge in [0.2, 0.25) is 0 Å². The van der Waals surface area contributed by atoms with E-state index in [0.717, 1.165) is 0 Å². The average Bonchev–Trinajstić information content (AvgIpc) is 2.70. The van der Waals surface area contributed by atoms with E-state index in [0.29, 0.717) is 5.56 Å². The average molecular weight is 512 g/mol. The number of carbonyl (C=O) groups excluding carboxylic acids is 3. The fourth-order valence-electron chi connectivity index (χ4n) is 3.21. The second kappa shape index (κ2) is 14.3. The lowest BCUT2D eigenvalue weighted by Gasteiger charge is -2.25. The third-order valence-corrected chi connectivity index (χ3v) is 4.66. The van der Waals surface area contributed by atoms with Crippen molar-refractivity contribution in [2.75, 3.05) is 0 Å². The van der Waals surface area contributed by atoms with Crippen molar-refractivity contribution in [3.63, 3.8) is 0 Å². The molecule has 3 atom stereocenters. The van der Waals surface area contributed by atoms with Crippen LogP contribution in [0, 0.1) is 5.92 Å². The number of ether oxygens (including phenoxy) is 5. The SMILES string of the molecule is CC(C)CC(=O)OC(C)CC(c1ccc(OC(=O)OC(C)C)c(OC(=O)OC(C)C)c1)[C@H](N)C(=O)O. The largest absolute Gasteiger partial charge is 0.514 e. The zero-order chi connectivity index (χ0) is 27.6. The van der Waals surface area contributed by atoms with Gasteiger partial charge in [-0.1, -0.05) is 19.9 Å². The second-order valence-electron chi connectivity index (χ2n) is 9.35. The molecule has 0 aliphatic carbocycles. The molecule has 2 unspecified atom stereocenters. The number of hydrogen-bond acceptors (Lipinski definition) is 10. The van der Waals surface area contributed by atoms with E-state index in [1.807, 2.05) is 13.8 Å². The maximum absolute atomic E-state index is 12.2. The fourth-order valence-corrected chi connectivity index (χ4v) is 3.21. The Morgan fingerprint density at radius 3 is 1.83 bits per heavy atom. The number of carbonyl (C=O) groups is 4. The first-order chi connectivity index (χ1) is 16.7. The molecule has 0 aliphatic heterocycles. The number of hydrogen-bond donors (Lipinski definition) is 2. The van der Waals surface area contributed by atoms with Gasteiger partial charge in [0.05, 0.1) is 18.3 Å². The molecule has 11 heteroatoms. The van der Waals surface area contributed by atoms with E-state index in [4.69, 9.17) is 29.4 Å². The van der Waals surface area contributed by atoms with Gasteiger partial charge in [-0.3, -0.25) is 9.59 Å². The highest BCUT2D eigenvalue weighted by molar-refractivity contribution is 5.75. The highest BCUT2D eigenvalue weighted by atomic mass is 16.7. The third kappa shape index (κ3) is 10.9. The van der Waals surface area contributed by atoms with Crippen LogP contribution in [0.15, 0.2) is 18.2 Å². The molecule has 0 saturated heterocycles. The Kier molecular flexibility index (Phi) is 12.2. The Balaban J connectivity index is 3.32. The molecule has 0 spiro atoms. The van der Waals surface area contributed by atoms with Gasteiger partial charge in [-0.15, -0.1) is 0 Å². The lowest BCUT2D eigenvalue weighted by atomic mass is 9.87. The minimum atomic E-state index is -1.37. The summed E-state index contributed by atoms with van der Waals surface area (Å²) in [6.07, 6.45) is -3.38. The maximum Gasteiger partial charge on any atom is 0.514 e. The smallest absolute Gasteiger partial charge is 0.480 e. The molecule has 0 saturated carbocycles. The van der Waals surface area contributed by atoms with Crippen LogP contribution in [0.4, 0.5) is 9.59 Å². The van der Waals surface area contributed by atoms with Crippen LogP contribution >= 0.6 is 0 Å². The first kappa shape index (κ1) is 30.7. The zero-order valence-electron chi connectivity index (χ0n) is 21.8. The van der Waals surface area contributed by atoms with Crippen LogP contribution in [0.2, 0.25) is 0 Å². The van der Waals surface area contributed by atoms with Crippen molar-refractivity contribution in [2.24, 2.45) is 11.7 Å². The number of carboxylic acids is 1. The van der Waals surface area contributed by atoms with E-state index in [-0.39, 0.29) is 30.3 Å². The summed E-state index contributed by atoms with van der Waals surface area (Å²) in [4.78, 5) is 48.0. The topological polar surface area (TPSA) is 161 Å². The number of esters is 1. The van der Waals surface area contributed by atoms with Gasteiger partial charge in [-0.2, -0.15) is 0 Å². The Labute approximate surface area is 211 Å². The molecule has 0 aliphatic rings. The Morgan fingerprint density at radius 2 is 1.36 bits per heavy atom. The highest BCUT2D eigenvalue weighted by Gasteiger charge is 2.30. The van der Waals surface area contributed by atoms with Crippen LogP contribution in [0.5, 0.6) is 11.5 Å². The maximum atomic E-state index is 12.2. The van der Waals surface area contributed by atoms with E-state index in [2.05, 4.69) is 0 Å². The summed E-state index contributed by atoms with van der Waals surface area (Å²) in [5.41, 5.74) is 6.32. The third-order valence-electron chi connectivity index (χ3n) is 4.66. The van der Waals surface area contributed by atoms with Gasteiger partial charge in [0.15, 0.2) is 11.5 Å². The van der Waals surface area contributed by atoms with Crippen LogP contribution in [0.25, 0.3) is 0 Å².